The molecule has 0 unspecified atom stereocenters. The van der Waals surface area contributed by atoms with Crippen LogP contribution in [0.1, 0.15) is 13.8 Å². The Morgan fingerprint density at radius 2 is 1.26 bits per heavy atom. The molecular formula is C14H24N6O7. The molecule has 8 N–H and O–H groups in total. The van der Waals surface area contributed by atoms with Gasteiger partial charge >= 0.3 is 5.97 Å². The van der Waals surface area contributed by atoms with Gasteiger partial charge in [0.2, 0.25) is 29.5 Å². The third-order valence-corrected chi connectivity index (χ3v) is 3.01. The Kier molecular flexibility index (Phi) is 10.7. The van der Waals surface area contributed by atoms with E-state index in [4.69, 9.17) is 10.8 Å². The third kappa shape index (κ3) is 11.1. The number of aliphatic carboxylic acids is 1. The van der Waals surface area contributed by atoms with Crippen molar-refractivity contribution in [3.05, 3.63) is 0 Å². The predicted octanol–water partition coefficient (Wildman–Crippen LogP) is -4.61. The van der Waals surface area contributed by atoms with Crippen molar-refractivity contribution in [2.24, 2.45) is 5.73 Å². The van der Waals surface area contributed by atoms with Gasteiger partial charge in [0.25, 0.3) is 0 Å². The van der Waals surface area contributed by atoms with Gasteiger partial charge in [0, 0.05) is 0 Å². The first-order valence-electron chi connectivity index (χ1n) is 7.89. The van der Waals surface area contributed by atoms with Crippen molar-refractivity contribution < 1.29 is 33.9 Å². The van der Waals surface area contributed by atoms with Gasteiger partial charge in [-0.3, -0.25) is 28.8 Å². The second-order valence-electron chi connectivity index (χ2n) is 5.39. The van der Waals surface area contributed by atoms with Gasteiger partial charge in [0.05, 0.1) is 19.6 Å². The number of amides is 5. The molecule has 0 heterocycles. The van der Waals surface area contributed by atoms with E-state index in [0.717, 1.165) is 0 Å². The molecule has 13 nitrogen and oxygen atoms in total. The van der Waals surface area contributed by atoms with Crippen LogP contribution in [-0.4, -0.2) is 78.9 Å². The van der Waals surface area contributed by atoms with Gasteiger partial charge in [-0.25, -0.2) is 0 Å². The highest BCUT2D eigenvalue weighted by atomic mass is 16.4. The van der Waals surface area contributed by atoms with Gasteiger partial charge in [0.1, 0.15) is 18.6 Å². The summed E-state index contributed by atoms with van der Waals surface area (Å²) in [7, 11) is 0. The van der Waals surface area contributed by atoms with Crippen molar-refractivity contribution in [3.63, 3.8) is 0 Å². The lowest BCUT2D eigenvalue weighted by Gasteiger charge is -2.18. The van der Waals surface area contributed by atoms with Crippen LogP contribution in [-0.2, 0) is 28.8 Å². The van der Waals surface area contributed by atoms with E-state index >= 15 is 0 Å². The van der Waals surface area contributed by atoms with Gasteiger partial charge in [0.15, 0.2) is 0 Å². The van der Waals surface area contributed by atoms with Crippen LogP contribution in [0.3, 0.4) is 0 Å². The first-order valence-corrected chi connectivity index (χ1v) is 7.89. The summed E-state index contributed by atoms with van der Waals surface area (Å²) in [5.74, 6) is -4.42. The number of hydrogen-bond donors (Lipinski definition) is 7. The highest BCUT2D eigenvalue weighted by Gasteiger charge is 2.21. The van der Waals surface area contributed by atoms with Crippen LogP contribution in [0.2, 0.25) is 0 Å². The van der Waals surface area contributed by atoms with Crippen molar-refractivity contribution in [2.45, 2.75) is 25.9 Å². The van der Waals surface area contributed by atoms with E-state index in [9.17, 15) is 28.8 Å². The number of rotatable bonds is 11. The molecule has 0 aliphatic rings. The fraction of sp³-hybridized carbons (Fsp3) is 0.571. The molecule has 0 aliphatic heterocycles. The van der Waals surface area contributed by atoms with E-state index in [1.807, 2.05) is 0 Å². The summed E-state index contributed by atoms with van der Waals surface area (Å²) in [6, 6.07) is -2.00. The van der Waals surface area contributed by atoms with E-state index < -0.39 is 60.7 Å². The number of carbonyl (C=O) groups excluding carboxylic acids is 5. The quantitative estimate of drug-likeness (QED) is 0.183. The number of nitrogens with one attached hydrogen (secondary N) is 5. The predicted molar refractivity (Wildman–Crippen MR) is 90.9 cm³/mol. The van der Waals surface area contributed by atoms with Crippen LogP contribution >= 0.6 is 0 Å². The largest absolute Gasteiger partial charge is 0.480 e. The maximum Gasteiger partial charge on any atom is 0.322 e. The van der Waals surface area contributed by atoms with Crippen molar-refractivity contribution >= 4 is 35.5 Å². The van der Waals surface area contributed by atoms with E-state index in [-0.39, 0.29) is 13.1 Å². The molecule has 0 aromatic heterocycles. The molecule has 0 bridgehead atoms. The van der Waals surface area contributed by atoms with Gasteiger partial charge in [-0.1, -0.05) is 0 Å². The van der Waals surface area contributed by atoms with Crippen LogP contribution in [0, 0.1) is 0 Å². The lowest BCUT2D eigenvalue weighted by atomic mass is 10.2. The number of carboxylic acids is 1. The lowest BCUT2D eigenvalue weighted by Crippen LogP contribution is -2.53. The summed E-state index contributed by atoms with van der Waals surface area (Å²) in [6.45, 7) is 1.07. The van der Waals surface area contributed by atoms with Crippen molar-refractivity contribution in [1.29, 1.82) is 0 Å². The fourth-order valence-corrected chi connectivity index (χ4v) is 1.57. The van der Waals surface area contributed by atoms with Gasteiger partial charge in [-0.05, 0) is 13.8 Å². The molecule has 5 amide bonds. The Hall–Kier alpha value is -3.22. The van der Waals surface area contributed by atoms with Gasteiger partial charge < -0.3 is 37.4 Å². The maximum atomic E-state index is 11.9. The summed E-state index contributed by atoms with van der Waals surface area (Å²) in [4.78, 5) is 67.9. The first kappa shape index (κ1) is 23.8. The highest BCUT2D eigenvalue weighted by molar-refractivity contribution is 5.94. The molecule has 0 aromatic carbocycles. The first-order chi connectivity index (χ1) is 12.6. The Bertz CT molecular complexity index is 595. The number of carbonyl (C=O) groups is 6. The minimum absolute atomic E-state index is 0.274. The molecule has 27 heavy (non-hydrogen) atoms. The maximum absolute atomic E-state index is 11.9. The summed E-state index contributed by atoms with van der Waals surface area (Å²) >= 11 is 0. The Balaban J connectivity index is 4.24. The van der Waals surface area contributed by atoms with Gasteiger partial charge in [-0.15, -0.1) is 0 Å². The molecule has 0 saturated carbocycles. The summed E-state index contributed by atoms with van der Waals surface area (Å²) in [5, 5.41) is 19.6. The minimum atomic E-state index is -1.23. The average Bonchev–Trinajstić information content (AvgIpc) is 2.61. The molecular weight excluding hydrogens is 364 g/mol. The van der Waals surface area contributed by atoms with E-state index in [1.54, 1.807) is 0 Å². The fourth-order valence-electron chi connectivity index (χ4n) is 1.57. The van der Waals surface area contributed by atoms with Crippen LogP contribution < -0.4 is 32.3 Å². The molecule has 2 atom stereocenters. The monoisotopic (exact) mass is 388 g/mol. The summed E-state index contributed by atoms with van der Waals surface area (Å²) in [6.07, 6.45) is 0. The molecule has 152 valence electrons. The van der Waals surface area contributed by atoms with Crippen LogP contribution in [0.5, 0.6) is 0 Å². The molecule has 13 heteroatoms. The molecule has 0 fully saturated rings. The topological polar surface area (TPSA) is 209 Å². The van der Waals surface area contributed by atoms with Crippen LogP contribution in [0.4, 0.5) is 0 Å². The molecule has 0 radical (unpaired) electrons. The zero-order chi connectivity index (χ0) is 21.0. The molecule has 0 aliphatic carbocycles. The van der Waals surface area contributed by atoms with Crippen molar-refractivity contribution in [1.82, 2.24) is 26.6 Å². The minimum Gasteiger partial charge on any atom is -0.480 e. The Labute approximate surface area is 154 Å². The smallest absolute Gasteiger partial charge is 0.322 e. The molecule has 0 rings (SSSR count). The van der Waals surface area contributed by atoms with Gasteiger partial charge in [-0.2, -0.15) is 0 Å². The van der Waals surface area contributed by atoms with Crippen LogP contribution in [0.15, 0.2) is 0 Å². The van der Waals surface area contributed by atoms with E-state index in [1.165, 1.54) is 13.8 Å². The summed E-state index contributed by atoms with van der Waals surface area (Å²) in [5.41, 5.74) is 5.07. The standard InChI is InChI=1S/C14H24N6O7/c1-7(13(26)18-4-10(22)17-6-12(24)25)20-14(27)8(2)19-11(23)5-16-9(21)3-15/h7-8H,3-6,15H2,1-2H3,(H,16,21)(H,17,22)(H,18,26)(H,19,23)(H,20,27)(H,24,25)/t7-,8-/m0/s1. The van der Waals surface area contributed by atoms with Crippen molar-refractivity contribution in [3.8, 4) is 0 Å². The number of hydrogen-bond acceptors (Lipinski definition) is 7. The highest BCUT2D eigenvalue weighted by Crippen LogP contribution is 1.88. The number of carboxylic acid groups (broad SMARTS) is 1. The zero-order valence-corrected chi connectivity index (χ0v) is 15.0. The number of nitrogens with two attached hydrogens (primary N) is 1. The average molecular weight is 388 g/mol. The molecule has 0 spiro atoms. The second-order valence-corrected chi connectivity index (χ2v) is 5.39. The van der Waals surface area contributed by atoms with E-state index in [0.29, 0.717) is 0 Å². The molecule has 0 aromatic rings. The normalized spacial score (nSPS) is 12.1. The second kappa shape index (κ2) is 12.2. The third-order valence-electron chi connectivity index (χ3n) is 3.01. The molecule has 0 saturated heterocycles. The summed E-state index contributed by atoms with van der Waals surface area (Å²) < 4.78 is 0. The van der Waals surface area contributed by atoms with E-state index in [2.05, 4.69) is 26.6 Å². The Morgan fingerprint density at radius 3 is 1.81 bits per heavy atom. The lowest BCUT2D eigenvalue weighted by molar-refractivity contribution is -0.138. The SMILES string of the molecule is C[C@H](NC(=O)CNC(=O)CN)C(=O)N[C@@H](C)C(=O)NCC(=O)NCC(=O)O. The van der Waals surface area contributed by atoms with Crippen molar-refractivity contribution in [2.75, 3.05) is 26.2 Å². The Morgan fingerprint density at radius 1 is 0.741 bits per heavy atom. The van der Waals surface area contributed by atoms with Crippen LogP contribution in [0.25, 0.3) is 0 Å². The zero-order valence-electron chi connectivity index (χ0n) is 15.0.